The lowest BCUT2D eigenvalue weighted by molar-refractivity contribution is 0.435. The molecular weight excluding hydrogens is 242 g/mol. The van der Waals surface area contributed by atoms with Crippen LogP contribution >= 0.6 is 0 Å². The van der Waals surface area contributed by atoms with Crippen LogP contribution < -0.4 is 5.32 Å². The lowest BCUT2D eigenvalue weighted by Crippen LogP contribution is -2.27. The normalized spacial score (nSPS) is 23.4. The van der Waals surface area contributed by atoms with E-state index in [1.54, 1.807) is 0 Å². The fraction of sp³-hybridized carbons (Fsp3) is 0.684. The molecule has 0 unspecified atom stereocenters. The Balaban J connectivity index is 1.69. The Morgan fingerprint density at radius 3 is 2.65 bits per heavy atom. The van der Waals surface area contributed by atoms with Crippen LogP contribution in [0.1, 0.15) is 63.9 Å². The molecule has 0 saturated carbocycles. The molecule has 1 aliphatic heterocycles. The molecule has 2 atom stereocenters. The maximum atomic E-state index is 3.77. The van der Waals surface area contributed by atoms with Crippen LogP contribution in [0.5, 0.6) is 0 Å². The highest BCUT2D eigenvalue weighted by molar-refractivity contribution is 5.15. The fourth-order valence-corrected chi connectivity index (χ4v) is 3.39. The van der Waals surface area contributed by atoms with E-state index in [0.29, 0.717) is 0 Å². The van der Waals surface area contributed by atoms with E-state index in [1.165, 1.54) is 69.9 Å². The second kappa shape index (κ2) is 9.18. The van der Waals surface area contributed by atoms with Crippen molar-refractivity contribution in [2.45, 2.75) is 70.8 Å². The number of benzene rings is 1. The second-order valence-corrected chi connectivity index (χ2v) is 6.42. The molecule has 0 amide bonds. The van der Waals surface area contributed by atoms with Gasteiger partial charge in [-0.25, -0.2) is 0 Å². The molecule has 1 aliphatic rings. The molecule has 0 bridgehead atoms. The summed E-state index contributed by atoms with van der Waals surface area (Å²) in [4.78, 5) is 0. The third-order valence-corrected chi connectivity index (χ3v) is 4.68. The highest BCUT2D eigenvalue weighted by atomic mass is 14.9. The Kier molecular flexibility index (Phi) is 7.14. The molecule has 0 aliphatic carbocycles. The summed E-state index contributed by atoms with van der Waals surface area (Å²) in [7, 11) is 0. The summed E-state index contributed by atoms with van der Waals surface area (Å²) in [6.45, 7) is 3.51. The Morgan fingerprint density at radius 1 is 1.00 bits per heavy atom. The summed E-state index contributed by atoms with van der Waals surface area (Å²) in [5.41, 5.74) is 1.51. The van der Waals surface area contributed by atoms with Crippen molar-refractivity contribution in [3.8, 4) is 0 Å². The number of hydrogen-bond acceptors (Lipinski definition) is 1. The molecule has 1 aromatic carbocycles. The predicted octanol–water partition coefficient (Wildman–Crippen LogP) is 4.96. The summed E-state index contributed by atoms with van der Waals surface area (Å²) in [6, 6.07) is 11.8. The van der Waals surface area contributed by atoms with E-state index >= 15 is 0 Å². The molecule has 20 heavy (non-hydrogen) atoms. The highest BCUT2D eigenvalue weighted by Gasteiger charge is 2.18. The zero-order valence-electron chi connectivity index (χ0n) is 13.1. The van der Waals surface area contributed by atoms with Gasteiger partial charge < -0.3 is 5.32 Å². The van der Waals surface area contributed by atoms with E-state index in [9.17, 15) is 0 Å². The third-order valence-electron chi connectivity index (χ3n) is 4.68. The van der Waals surface area contributed by atoms with Crippen molar-refractivity contribution in [3.63, 3.8) is 0 Å². The molecule has 0 spiro atoms. The standard InChI is InChI=1S/C19H31N/c1-2-3-4-8-11-19-13-12-18(14-15-20-19)16-17-9-6-5-7-10-17/h5-7,9-10,18-20H,2-4,8,11-16H2,1H3/t18-,19-/m1/s1. The van der Waals surface area contributed by atoms with Crippen LogP contribution in [0.2, 0.25) is 0 Å². The van der Waals surface area contributed by atoms with Gasteiger partial charge in [-0.05, 0) is 50.1 Å². The Labute approximate surface area is 125 Å². The van der Waals surface area contributed by atoms with Crippen LogP contribution in [-0.4, -0.2) is 12.6 Å². The minimum Gasteiger partial charge on any atom is -0.314 e. The first kappa shape index (κ1) is 15.6. The molecule has 1 nitrogen and oxygen atoms in total. The van der Waals surface area contributed by atoms with Crippen molar-refractivity contribution in [2.75, 3.05) is 6.54 Å². The van der Waals surface area contributed by atoms with E-state index in [2.05, 4.69) is 42.6 Å². The van der Waals surface area contributed by atoms with Gasteiger partial charge in [0.1, 0.15) is 0 Å². The molecule has 0 radical (unpaired) electrons. The summed E-state index contributed by atoms with van der Waals surface area (Å²) in [6.07, 6.45) is 12.4. The van der Waals surface area contributed by atoms with Gasteiger partial charge in [-0.15, -0.1) is 0 Å². The lowest BCUT2D eigenvalue weighted by Gasteiger charge is -2.15. The minimum absolute atomic E-state index is 0.785. The fourth-order valence-electron chi connectivity index (χ4n) is 3.39. The molecular formula is C19H31N. The molecule has 112 valence electrons. The van der Waals surface area contributed by atoms with Gasteiger partial charge in [0, 0.05) is 6.04 Å². The Hall–Kier alpha value is -0.820. The van der Waals surface area contributed by atoms with Crippen LogP contribution in [0.25, 0.3) is 0 Å². The van der Waals surface area contributed by atoms with Crippen molar-refractivity contribution in [1.29, 1.82) is 0 Å². The largest absolute Gasteiger partial charge is 0.314 e. The minimum atomic E-state index is 0.785. The Morgan fingerprint density at radius 2 is 1.85 bits per heavy atom. The second-order valence-electron chi connectivity index (χ2n) is 6.42. The summed E-state index contributed by atoms with van der Waals surface area (Å²) >= 11 is 0. The van der Waals surface area contributed by atoms with E-state index < -0.39 is 0 Å². The Bertz CT molecular complexity index is 346. The van der Waals surface area contributed by atoms with Crippen molar-refractivity contribution in [2.24, 2.45) is 5.92 Å². The first-order valence-electron chi connectivity index (χ1n) is 8.65. The maximum Gasteiger partial charge on any atom is 0.00671 e. The van der Waals surface area contributed by atoms with Crippen molar-refractivity contribution >= 4 is 0 Å². The first-order valence-corrected chi connectivity index (χ1v) is 8.65. The predicted molar refractivity (Wildman–Crippen MR) is 88.0 cm³/mol. The lowest BCUT2D eigenvalue weighted by atomic mass is 9.91. The monoisotopic (exact) mass is 273 g/mol. The molecule has 1 fully saturated rings. The molecule has 1 aromatic rings. The van der Waals surface area contributed by atoms with Gasteiger partial charge >= 0.3 is 0 Å². The van der Waals surface area contributed by atoms with Gasteiger partial charge in [0.25, 0.3) is 0 Å². The van der Waals surface area contributed by atoms with Crippen molar-refractivity contribution in [3.05, 3.63) is 35.9 Å². The van der Waals surface area contributed by atoms with Crippen molar-refractivity contribution in [1.82, 2.24) is 5.32 Å². The molecule has 1 saturated heterocycles. The van der Waals surface area contributed by atoms with Crippen LogP contribution in [0.4, 0.5) is 0 Å². The number of unbranched alkanes of at least 4 members (excludes halogenated alkanes) is 3. The average molecular weight is 273 g/mol. The van der Waals surface area contributed by atoms with Crippen LogP contribution in [0, 0.1) is 5.92 Å². The molecule has 1 heteroatoms. The smallest absolute Gasteiger partial charge is 0.00671 e. The highest BCUT2D eigenvalue weighted by Crippen LogP contribution is 2.23. The van der Waals surface area contributed by atoms with Crippen LogP contribution in [0.3, 0.4) is 0 Å². The van der Waals surface area contributed by atoms with Crippen LogP contribution in [-0.2, 0) is 6.42 Å². The quantitative estimate of drug-likeness (QED) is 0.693. The molecule has 0 aromatic heterocycles. The van der Waals surface area contributed by atoms with Gasteiger partial charge in [-0.3, -0.25) is 0 Å². The molecule has 2 rings (SSSR count). The van der Waals surface area contributed by atoms with Gasteiger partial charge in [-0.2, -0.15) is 0 Å². The zero-order valence-corrected chi connectivity index (χ0v) is 13.1. The van der Waals surface area contributed by atoms with E-state index in [0.717, 1.165) is 12.0 Å². The van der Waals surface area contributed by atoms with Gasteiger partial charge in [0.05, 0.1) is 0 Å². The summed E-state index contributed by atoms with van der Waals surface area (Å²) < 4.78 is 0. The average Bonchev–Trinajstić information content (AvgIpc) is 2.70. The number of hydrogen-bond donors (Lipinski definition) is 1. The third kappa shape index (κ3) is 5.66. The maximum absolute atomic E-state index is 3.77. The SMILES string of the molecule is CCCCCC[C@@H]1CC[C@@H](Cc2ccccc2)CCN1. The van der Waals surface area contributed by atoms with Crippen LogP contribution in [0.15, 0.2) is 30.3 Å². The molecule has 1 N–H and O–H groups in total. The number of rotatable bonds is 7. The van der Waals surface area contributed by atoms with E-state index in [4.69, 9.17) is 0 Å². The first-order chi connectivity index (χ1) is 9.88. The van der Waals surface area contributed by atoms with E-state index in [-0.39, 0.29) is 0 Å². The van der Waals surface area contributed by atoms with E-state index in [1.807, 2.05) is 0 Å². The zero-order chi connectivity index (χ0) is 14.0. The number of nitrogens with one attached hydrogen (secondary N) is 1. The van der Waals surface area contributed by atoms with Gasteiger partial charge in [-0.1, -0.05) is 62.9 Å². The van der Waals surface area contributed by atoms with Gasteiger partial charge in [0.2, 0.25) is 0 Å². The molecule has 1 heterocycles. The summed E-state index contributed by atoms with van der Waals surface area (Å²) in [5.74, 6) is 0.880. The van der Waals surface area contributed by atoms with Crippen molar-refractivity contribution < 1.29 is 0 Å². The topological polar surface area (TPSA) is 12.0 Å². The van der Waals surface area contributed by atoms with Gasteiger partial charge in [0.15, 0.2) is 0 Å². The summed E-state index contributed by atoms with van der Waals surface area (Å²) in [5, 5.41) is 3.77.